The molecule has 2 atom stereocenters. The lowest BCUT2D eigenvalue weighted by Crippen LogP contribution is -2.48. The molecule has 1 rings (SSSR count). The number of amides is 2. The summed E-state index contributed by atoms with van der Waals surface area (Å²) in [6, 6.07) is 1.12. The van der Waals surface area contributed by atoms with Crippen LogP contribution in [-0.2, 0) is 14.3 Å². The van der Waals surface area contributed by atoms with Gasteiger partial charge >= 0.3 is 6.09 Å². The van der Waals surface area contributed by atoms with E-state index in [0.717, 1.165) is 0 Å². The standard InChI is InChI=1S/C20H32FN3O4/c1-13(2)16(14(3)21)10-15(11-22)23-18(25)17-12-24(8-7-9-27-17)19(26)28-20(4,5)6/h13,15,17H,7-10,12H2,1-6H3,(H,23,25)/b16-14+/t15-,17-/m0/s1. The van der Waals surface area contributed by atoms with E-state index in [1.165, 1.54) is 11.8 Å². The third-order valence-electron chi connectivity index (χ3n) is 4.26. The van der Waals surface area contributed by atoms with Crippen LogP contribution in [0, 0.1) is 17.2 Å². The predicted octanol–water partition coefficient (Wildman–Crippen LogP) is 3.31. The number of halogens is 1. The predicted molar refractivity (Wildman–Crippen MR) is 103 cm³/mol. The zero-order chi connectivity index (χ0) is 21.5. The lowest BCUT2D eigenvalue weighted by molar-refractivity contribution is -0.133. The van der Waals surface area contributed by atoms with Crippen LogP contribution in [0.1, 0.15) is 54.4 Å². The van der Waals surface area contributed by atoms with Crippen LogP contribution in [0.15, 0.2) is 11.4 Å². The van der Waals surface area contributed by atoms with Gasteiger partial charge in [0.1, 0.15) is 11.6 Å². The van der Waals surface area contributed by atoms with E-state index < -0.39 is 29.7 Å². The molecule has 0 unspecified atom stereocenters. The number of nitrogens with one attached hydrogen (secondary N) is 1. The van der Waals surface area contributed by atoms with Gasteiger partial charge in [0.2, 0.25) is 0 Å². The van der Waals surface area contributed by atoms with E-state index in [4.69, 9.17) is 9.47 Å². The third kappa shape index (κ3) is 7.85. The summed E-state index contributed by atoms with van der Waals surface area (Å²) in [5.74, 6) is -0.914. The largest absolute Gasteiger partial charge is 0.444 e. The first-order valence-electron chi connectivity index (χ1n) is 9.59. The Kier molecular flexibility index (Phi) is 8.89. The normalized spacial score (nSPS) is 20.0. The summed E-state index contributed by atoms with van der Waals surface area (Å²) in [5.41, 5.74) is -0.151. The molecule has 0 aliphatic carbocycles. The summed E-state index contributed by atoms with van der Waals surface area (Å²) in [5, 5.41) is 12.0. The number of hydrogen-bond donors (Lipinski definition) is 1. The van der Waals surface area contributed by atoms with Crippen molar-refractivity contribution in [3.63, 3.8) is 0 Å². The Morgan fingerprint density at radius 3 is 2.54 bits per heavy atom. The molecule has 1 N–H and O–H groups in total. The van der Waals surface area contributed by atoms with E-state index in [1.807, 2.05) is 19.9 Å². The zero-order valence-electron chi connectivity index (χ0n) is 17.7. The Labute approximate surface area is 166 Å². The first kappa shape index (κ1) is 23.9. The van der Waals surface area contributed by atoms with Crippen molar-refractivity contribution in [3.05, 3.63) is 11.4 Å². The number of ether oxygens (including phenoxy) is 2. The Balaban J connectivity index is 2.79. The lowest BCUT2D eigenvalue weighted by atomic mass is 9.95. The smallest absolute Gasteiger partial charge is 0.410 e. The molecule has 1 saturated heterocycles. The highest BCUT2D eigenvalue weighted by Crippen LogP contribution is 2.21. The average Bonchev–Trinajstić information content (AvgIpc) is 2.82. The minimum atomic E-state index is -0.913. The van der Waals surface area contributed by atoms with Crippen molar-refractivity contribution >= 4 is 12.0 Å². The molecule has 0 spiro atoms. The summed E-state index contributed by atoms with van der Waals surface area (Å²) >= 11 is 0. The molecule has 1 fully saturated rings. The molecule has 2 amide bonds. The highest BCUT2D eigenvalue weighted by atomic mass is 19.1. The van der Waals surface area contributed by atoms with Gasteiger partial charge in [0.15, 0.2) is 6.10 Å². The highest BCUT2D eigenvalue weighted by molar-refractivity contribution is 5.82. The molecular formula is C20H32FN3O4. The van der Waals surface area contributed by atoms with Crippen LogP contribution in [0.4, 0.5) is 9.18 Å². The fourth-order valence-electron chi connectivity index (χ4n) is 2.86. The molecule has 0 aromatic heterocycles. The number of rotatable bonds is 5. The number of nitriles is 1. The summed E-state index contributed by atoms with van der Waals surface area (Å²) in [6.45, 7) is 11.1. The molecule has 1 heterocycles. The van der Waals surface area contributed by atoms with Gasteiger partial charge in [0.05, 0.1) is 18.4 Å². The van der Waals surface area contributed by atoms with E-state index in [9.17, 15) is 19.2 Å². The molecule has 0 bridgehead atoms. The number of allylic oxidation sites excluding steroid dienone is 1. The van der Waals surface area contributed by atoms with Crippen molar-refractivity contribution in [1.29, 1.82) is 5.26 Å². The van der Waals surface area contributed by atoms with E-state index in [1.54, 1.807) is 20.8 Å². The zero-order valence-corrected chi connectivity index (χ0v) is 17.7. The monoisotopic (exact) mass is 397 g/mol. The van der Waals surface area contributed by atoms with Crippen molar-refractivity contribution < 1.29 is 23.5 Å². The maximum atomic E-state index is 13.7. The molecule has 7 nitrogen and oxygen atoms in total. The van der Waals surface area contributed by atoms with E-state index in [-0.39, 0.29) is 24.7 Å². The second-order valence-corrected chi connectivity index (χ2v) is 8.25. The van der Waals surface area contributed by atoms with Gasteiger partial charge in [-0.05, 0) is 45.6 Å². The van der Waals surface area contributed by atoms with Gasteiger partial charge < -0.3 is 19.7 Å². The van der Waals surface area contributed by atoms with Crippen LogP contribution < -0.4 is 5.32 Å². The molecule has 158 valence electrons. The van der Waals surface area contributed by atoms with Crippen LogP contribution in [0.2, 0.25) is 0 Å². The van der Waals surface area contributed by atoms with Crippen LogP contribution in [0.3, 0.4) is 0 Å². The van der Waals surface area contributed by atoms with Gasteiger partial charge in [0.25, 0.3) is 5.91 Å². The van der Waals surface area contributed by atoms with Gasteiger partial charge in [-0.2, -0.15) is 5.26 Å². The Morgan fingerprint density at radius 2 is 2.04 bits per heavy atom. The van der Waals surface area contributed by atoms with Gasteiger partial charge in [-0.15, -0.1) is 0 Å². The molecule has 0 aromatic rings. The first-order valence-corrected chi connectivity index (χ1v) is 9.59. The van der Waals surface area contributed by atoms with Gasteiger partial charge in [-0.1, -0.05) is 13.8 Å². The molecular weight excluding hydrogens is 365 g/mol. The second kappa shape index (κ2) is 10.4. The Morgan fingerprint density at radius 1 is 1.39 bits per heavy atom. The van der Waals surface area contributed by atoms with Crippen LogP contribution in [0.5, 0.6) is 0 Å². The van der Waals surface area contributed by atoms with Gasteiger partial charge in [0, 0.05) is 19.6 Å². The molecule has 1 aliphatic rings. The fraction of sp³-hybridized carbons (Fsp3) is 0.750. The summed E-state index contributed by atoms with van der Waals surface area (Å²) in [4.78, 5) is 26.4. The number of hydrogen-bond acceptors (Lipinski definition) is 5. The minimum Gasteiger partial charge on any atom is -0.444 e. The van der Waals surface area contributed by atoms with Crippen molar-refractivity contribution in [2.24, 2.45) is 5.92 Å². The molecule has 8 heteroatoms. The van der Waals surface area contributed by atoms with Crippen molar-refractivity contribution in [2.75, 3.05) is 19.7 Å². The Bertz CT molecular complexity index is 630. The fourth-order valence-corrected chi connectivity index (χ4v) is 2.86. The average molecular weight is 397 g/mol. The maximum Gasteiger partial charge on any atom is 0.410 e. The third-order valence-corrected chi connectivity index (χ3v) is 4.26. The second-order valence-electron chi connectivity index (χ2n) is 8.25. The van der Waals surface area contributed by atoms with Crippen LogP contribution in [0.25, 0.3) is 0 Å². The molecule has 0 saturated carbocycles. The number of carbonyl (C=O) groups is 2. The summed E-state index contributed by atoms with van der Waals surface area (Å²) in [6.07, 6.45) is -0.744. The molecule has 28 heavy (non-hydrogen) atoms. The number of carbonyl (C=O) groups excluding carboxylic acids is 2. The minimum absolute atomic E-state index is 0.0356. The van der Waals surface area contributed by atoms with E-state index in [2.05, 4.69) is 5.32 Å². The highest BCUT2D eigenvalue weighted by Gasteiger charge is 2.31. The summed E-state index contributed by atoms with van der Waals surface area (Å²) < 4.78 is 24.6. The van der Waals surface area contributed by atoms with Crippen molar-refractivity contribution in [2.45, 2.75) is 72.1 Å². The first-order chi connectivity index (χ1) is 12.9. The quantitative estimate of drug-likeness (QED) is 0.768. The lowest BCUT2D eigenvalue weighted by Gasteiger charge is -2.28. The topological polar surface area (TPSA) is 91.7 Å². The SMILES string of the molecule is C/C(F)=C(/C[C@@H](C#N)NC(=O)[C@@H]1CN(C(=O)OC(C)(C)C)CCCO1)C(C)C. The van der Waals surface area contributed by atoms with Crippen molar-refractivity contribution in [1.82, 2.24) is 10.2 Å². The van der Waals surface area contributed by atoms with Crippen LogP contribution in [-0.4, -0.2) is 54.3 Å². The van der Waals surface area contributed by atoms with E-state index in [0.29, 0.717) is 25.1 Å². The molecule has 0 aromatic carbocycles. The van der Waals surface area contributed by atoms with Crippen LogP contribution >= 0.6 is 0 Å². The molecule has 1 aliphatic heterocycles. The maximum absolute atomic E-state index is 13.7. The molecule has 0 radical (unpaired) electrons. The van der Waals surface area contributed by atoms with E-state index >= 15 is 0 Å². The van der Waals surface area contributed by atoms with Gasteiger partial charge in [-0.25, -0.2) is 9.18 Å². The van der Waals surface area contributed by atoms with Gasteiger partial charge in [-0.3, -0.25) is 4.79 Å². The van der Waals surface area contributed by atoms with Crippen molar-refractivity contribution in [3.8, 4) is 6.07 Å². The number of nitrogens with zero attached hydrogens (tertiary/aromatic N) is 2. The summed E-state index contributed by atoms with van der Waals surface area (Å²) in [7, 11) is 0. The Hall–Kier alpha value is -2.14.